The van der Waals surface area contributed by atoms with Crippen molar-refractivity contribution >= 4 is 9.30 Å². The average Bonchev–Trinajstić information content (AvgIpc) is 2.84. The SMILES string of the molecule is CCCCCCCCCC[O][Ti]([Cl])[N](CCCCCCCCCC)CCCCCCCCCC. The van der Waals surface area contributed by atoms with Crippen molar-refractivity contribution in [2.24, 2.45) is 0 Å². The maximum atomic E-state index is 6.91. The molecule has 0 aliphatic carbocycles. The van der Waals surface area contributed by atoms with Crippen molar-refractivity contribution in [3.63, 3.8) is 0 Å². The monoisotopic (exact) mass is 536 g/mol. The van der Waals surface area contributed by atoms with Crippen LogP contribution >= 0.6 is 9.30 Å². The predicted molar refractivity (Wildman–Crippen MR) is 151 cm³/mol. The standard InChI is InChI=1S/C20H42N.C10H21O.ClH.Ti/c1-3-5-7-9-11-13-15-17-19-21-20-18-16-14-12-10-8-6-4-2;1-2-3-4-5-6-7-8-9-10-11;;/h3-20H2,1-2H3;2-10H2,1H3;1H;/q2*-1;;+3/p-1. The molecule has 0 heterocycles. The van der Waals surface area contributed by atoms with Crippen LogP contribution in [0.2, 0.25) is 0 Å². The first-order valence-corrected chi connectivity index (χ1v) is 19.1. The van der Waals surface area contributed by atoms with Gasteiger partial charge in [-0.05, 0) is 0 Å². The molecular weight excluding hydrogens is 474 g/mol. The van der Waals surface area contributed by atoms with Crippen LogP contribution in [0.5, 0.6) is 0 Å². The van der Waals surface area contributed by atoms with Gasteiger partial charge in [-0.15, -0.1) is 0 Å². The molecule has 0 bridgehead atoms. The van der Waals surface area contributed by atoms with Gasteiger partial charge in [0.15, 0.2) is 0 Å². The number of hydrogen-bond donors (Lipinski definition) is 0. The van der Waals surface area contributed by atoms with Crippen LogP contribution in [0.15, 0.2) is 0 Å². The van der Waals surface area contributed by atoms with Gasteiger partial charge in [0.2, 0.25) is 0 Å². The molecule has 0 saturated carbocycles. The Balaban J connectivity index is 4.02. The molecule has 0 aromatic heterocycles. The molecule has 4 heteroatoms. The molecular formula is C30H63ClNOTi. The fraction of sp³-hybridized carbons (Fsp3) is 1.00. The Labute approximate surface area is 227 Å². The Bertz CT molecular complexity index is 352. The molecule has 0 saturated heterocycles. The minimum absolute atomic E-state index is 0.888. The van der Waals surface area contributed by atoms with E-state index in [1.165, 1.54) is 167 Å². The zero-order valence-electron chi connectivity index (χ0n) is 23.8. The molecule has 0 atom stereocenters. The van der Waals surface area contributed by atoms with E-state index in [9.17, 15) is 0 Å². The second-order valence-corrected chi connectivity index (χ2v) is 14.1. The topological polar surface area (TPSA) is 12.5 Å². The second-order valence-electron chi connectivity index (χ2n) is 10.5. The van der Waals surface area contributed by atoms with E-state index in [1.807, 2.05) is 0 Å². The summed E-state index contributed by atoms with van der Waals surface area (Å²) in [5, 5.41) is 0. The van der Waals surface area contributed by atoms with Gasteiger partial charge in [-0.2, -0.15) is 0 Å². The summed E-state index contributed by atoms with van der Waals surface area (Å²) in [6, 6.07) is 0. The third-order valence-electron chi connectivity index (χ3n) is 7.03. The maximum absolute atomic E-state index is 6.91. The van der Waals surface area contributed by atoms with Gasteiger partial charge in [-0.3, -0.25) is 0 Å². The van der Waals surface area contributed by atoms with Crippen molar-refractivity contribution in [3.05, 3.63) is 0 Å². The normalized spacial score (nSPS) is 11.6. The van der Waals surface area contributed by atoms with E-state index in [1.54, 1.807) is 0 Å². The van der Waals surface area contributed by atoms with E-state index in [0.29, 0.717) is 0 Å². The van der Waals surface area contributed by atoms with Crippen LogP contribution in [-0.4, -0.2) is 23.1 Å². The molecule has 0 N–H and O–H groups in total. The molecule has 0 spiro atoms. The fourth-order valence-corrected chi connectivity index (χ4v) is 7.48. The van der Waals surface area contributed by atoms with Crippen LogP contribution in [0.1, 0.15) is 175 Å². The van der Waals surface area contributed by atoms with Crippen LogP contribution in [0.3, 0.4) is 0 Å². The summed E-state index contributed by atoms with van der Waals surface area (Å²) in [6.07, 6.45) is 33.0. The van der Waals surface area contributed by atoms with E-state index < -0.39 is 17.5 Å². The number of unbranched alkanes of at least 4 members (excludes halogenated alkanes) is 21. The first-order chi connectivity index (χ1) is 16.8. The van der Waals surface area contributed by atoms with Crippen molar-refractivity contribution in [2.75, 3.05) is 19.7 Å². The van der Waals surface area contributed by atoms with E-state index in [0.717, 1.165) is 6.61 Å². The van der Waals surface area contributed by atoms with Crippen molar-refractivity contribution in [2.45, 2.75) is 175 Å². The molecule has 0 aromatic rings. The Morgan fingerprint density at radius 1 is 0.441 bits per heavy atom. The van der Waals surface area contributed by atoms with Crippen LogP contribution in [0, 0.1) is 0 Å². The molecule has 0 radical (unpaired) electrons. The van der Waals surface area contributed by atoms with E-state index >= 15 is 0 Å². The van der Waals surface area contributed by atoms with Gasteiger partial charge >= 0.3 is 228 Å². The molecule has 0 aromatic carbocycles. The Morgan fingerprint density at radius 3 is 1.09 bits per heavy atom. The van der Waals surface area contributed by atoms with E-state index in [-0.39, 0.29) is 0 Å². The zero-order valence-corrected chi connectivity index (χ0v) is 26.1. The van der Waals surface area contributed by atoms with Crippen molar-refractivity contribution in [1.29, 1.82) is 0 Å². The first-order valence-electron chi connectivity index (χ1n) is 15.7. The minimum atomic E-state index is -2.03. The third-order valence-corrected chi connectivity index (χ3v) is 10.6. The molecule has 0 amide bonds. The summed E-state index contributed by atoms with van der Waals surface area (Å²) in [4.78, 5) is 0. The van der Waals surface area contributed by atoms with Gasteiger partial charge in [0, 0.05) is 0 Å². The fourth-order valence-electron chi connectivity index (χ4n) is 4.64. The molecule has 0 aliphatic rings. The molecule has 0 aliphatic heterocycles. The van der Waals surface area contributed by atoms with E-state index in [4.69, 9.17) is 12.6 Å². The number of hydrogen-bond acceptors (Lipinski definition) is 2. The van der Waals surface area contributed by atoms with Crippen LogP contribution in [-0.2, 0) is 20.8 Å². The second kappa shape index (κ2) is 30.2. The summed E-state index contributed by atoms with van der Waals surface area (Å²) in [5.41, 5.74) is 0. The van der Waals surface area contributed by atoms with Crippen LogP contribution < -0.4 is 0 Å². The average molecular weight is 537 g/mol. The van der Waals surface area contributed by atoms with Gasteiger partial charge < -0.3 is 0 Å². The molecule has 0 rings (SSSR count). The molecule has 0 fully saturated rings. The van der Waals surface area contributed by atoms with Gasteiger partial charge in [0.05, 0.1) is 0 Å². The summed E-state index contributed by atoms with van der Waals surface area (Å²) in [5.74, 6) is 0. The Kier molecular flexibility index (Phi) is 31.0. The summed E-state index contributed by atoms with van der Waals surface area (Å²) in [6.45, 7) is 10.1. The Morgan fingerprint density at radius 2 is 0.735 bits per heavy atom. The van der Waals surface area contributed by atoms with Gasteiger partial charge in [-0.1, -0.05) is 0 Å². The van der Waals surface area contributed by atoms with E-state index in [2.05, 4.69) is 24.2 Å². The molecule has 0 unspecified atom stereocenters. The Hall–Kier alpha value is 0.924. The number of nitrogens with zero attached hydrogens (tertiary/aromatic N) is 1. The summed E-state index contributed by atoms with van der Waals surface area (Å²) >= 11 is -2.03. The van der Waals surface area contributed by atoms with Gasteiger partial charge in [-0.25, -0.2) is 0 Å². The molecule has 2 nitrogen and oxygen atoms in total. The van der Waals surface area contributed by atoms with Crippen molar-refractivity contribution in [3.8, 4) is 0 Å². The van der Waals surface area contributed by atoms with Gasteiger partial charge in [0.25, 0.3) is 0 Å². The van der Waals surface area contributed by atoms with Crippen molar-refractivity contribution in [1.82, 2.24) is 3.38 Å². The van der Waals surface area contributed by atoms with Crippen LogP contribution in [0.4, 0.5) is 0 Å². The molecule has 205 valence electrons. The van der Waals surface area contributed by atoms with Crippen LogP contribution in [0.25, 0.3) is 0 Å². The number of halogens is 1. The quantitative estimate of drug-likeness (QED) is 0.0696. The number of rotatable bonds is 29. The predicted octanol–water partition coefficient (Wildman–Crippen LogP) is 11.3. The van der Waals surface area contributed by atoms with Crippen molar-refractivity contribution < 1.29 is 20.8 Å². The third kappa shape index (κ3) is 26.0. The summed E-state index contributed by atoms with van der Waals surface area (Å²) < 4.78 is 8.84. The summed E-state index contributed by atoms with van der Waals surface area (Å²) in [7, 11) is 6.91. The zero-order chi connectivity index (χ0) is 25.0. The molecule has 34 heavy (non-hydrogen) atoms. The first kappa shape index (κ1) is 34.9. The van der Waals surface area contributed by atoms with Gasteiger partial charge in [0.1, 0.15) is 0 Å².